The van der Waals surface area contributed by atoms with E-state index in [0.717, 1.165) is 30.0 Å². The van der Waals surface area contributed by atoms with Gasteiger partial charge in [-0.1, -0.05) is 28.9 Å². The van der Waals surface area contributed by atoms with Crippen LogP contribution < -0.4 is 5.32 Å². The molecule has 5 heteroatoms. The number of hydrogen-bond acceptors (Lipinski definition) is 4. The highest BCUT2D eigenvalue weighted by Crippen LogP contribution is 2.22. The molecular formula is C13H14ClN3O. The van der Waals surface area contributed by atoms with E-state index in [9.17, 15) is 0 Å². The highest BCUT2D eigenvalue weighted by Gasteiger charge is 2.22. The van der Waals surface area contributed by atoms with Crippen LogP contribution in [0.15, 0.2) is 28.8 Å². The lowest BCUT2D eigenvalue weighted by atomic mass is 10.1. The number of nitrogens with zero attached hydrogens (tertiary/aromatic N) is 2. The minimum Gasteiger partial charge on any atom is -0.338 e. The molecule has 3 rings (SSSR count). The third-order valence-electron chi connectivity index (χ3n) is 3.09. The predicted molar refractivity (Wildman–Crippen MR) is 68.5 cm³/mol. The fraction of sp³-hybridized carbons (Fsp3) is 0.385. The average molecular weight is 264 g/mol. The summed E-state index contributed by atoms with van der Waals surface area (Å²) in [4.78, 5) is 4.43. The molecule has 1 aromatic carbocycles. The third-order valence-corrected chi connectivity index (χ3v) is 3.33. The Bertz CT molecular complexity index is 535. The van der Waals surface area contributed by atoms with E-state index in [1.807, 2.05) is 24.3 Å². The Morgan fingerprint density at radius 1 is 1.44 bits per heavy atom. The van der Waals surface area contributed by atoms with Crippen LogP contribution in [-0.4, -0.2) is 16.7 Å². The quantitative estimate of drug-likeness (QED) is 0.925. The van der Waals surface area contributed by atoms with Gasteiger partial charge in [0.15, 0.2) is 5.82 Å². The van der Waals surface area contributed by atoms with Gasteiger partial charge in [0.25, 0.3) is 0 Å². The van der Waals surface area contributed by atoms with Crippen molar-refractivity contribution in [3.63, 3.8) is 0 Å². The molecule has 1 saturated heterocycles. The van der Waals surface area contributed by atoms with Gasteiger partial charge < -0.3 is 9.84 Å². The van der Waals surface area contributed by atoms with Gasteiger partial charge >= 0.3 is 0 Å². The van der Waals surface area contributed by atoms with Gasteiger partial charge in [-0.05, 0) is 37.1 Å². The molecule has 0 unspecified atom stereocenters. The zero-order chi connectivity index (χ0) is 12.4. The molecule has 1 aliphatic heterocycles. The minimum atomic E-state index is 0.227. The standard InChI is InChI=1S/C13H14ClN3O/c14-10-4-1-3-9(7-10)8-12-16-13(18-17-12)11-5-2-6-15-11/h1,3-4,7,11,15H,2,5-6,8H2/t11-/m1/s1. The molecule has 0 spiro atoms. The smallest absolute Gasteiger partial charge is 0.243 e. The number of benzene rings is 1. The van der Waals surface area contributed by atoms with Crippen LogP contribution in [0.1, 0.15) is 36.2 Å². The first-order valence-corrected chi connectivity index (χ1v) is 6.49. The Morgan fingerprint density at radius 2 is 2.39 bits per heavy atom. The van der Waals surface area contributed by atoms with Crippen LogP contribution in [0.3, 0.4) is 0 Å². The van der Waals surface area contributed by atoms with E-state index < -0.39 is 0 Å². The van der Waals surface area contributed by atoms with Gasteiger partial charge in [-0.2, -0.15) is 4.98 Å². The molecule has 1 N–H and O–H groups in total. The van der Waals surface area contributed by atoms with Crippen LogP contribution in [0.2, 0.25) is 5.02 Å². The van der Waals surface area contributed by atoms with E-state index in [0.29, 0.717) is 18.1 Å². The maximum Gasteiger partial charge on any atom is 0.243 e. The van der Waals surface area contributed by atoms with E-state index in [-0.39, 0.29) is 6.04 Å². The summed E-state index contributed by atoms with van der Waals surface area (Å²) < 4.78 is 5.29. The molecule has 1 fully saturated rings. The van der Waals surface area contributed by atoms with Gasteiger partial charge in [0.05, 0.1) is 6.04 Å². The molecule has 0 aliphatic carbocycles. The van der Waals surface area contributed by atoms with Crippen LogP contribution in [0.25, 0.3) is 0 Å². The average Bonchev–Trinajstić information content (AvgIpc) is 2.98. The van der Waals surface area contributed by atoms with Gasteiger partial charge in [0.2, 0.25) is 5.89 Å². The lowest BCUT2D eigenvalue weighted by Gasteiger charge is -2.01. The van der Waals surface area contributed by atoms with E-state index in [2.05, 4.69) is 15.5 Å². The molecule has 2 aromatic rings. The molecule has 4 nitrogen and oxygen atoms in total. The molecule has 94 valence electrons. The zero-order valence-corrected chi connectivity index (χ0v) is 10.7. The second kappa shape index (κ2) is 5.08. The fourth-order valence-corrected chi connectivity index (χ4v) is 2.42. The van der Waals surface area contributed by atoms with Crippen molar-refractivity contribution in [2.45, 2.75) is 25.3 Å². The monoisotopic (exact) mass is 263 g/mol. The molecule has 18 heavy (non-hydrogen) atoms. The first kappa shape index (κ1) is 11.7. The van der Waals surface area contributed by atoms with Crippen molar-refractivity contribution in [2.24, 2.45) is 0 Å². The highest BCUT2D eigenvalue weighted by atomic mass is 35.5. The molecule has 1 aliphatic rings. The molecule has 0 radical (unpaired) electrons. The van der Waals surface area contributed by atoms with Crippen molar-refractivity contribution >= 4 is 11.6 Å². The first-order chi connectivity index (χ1) is 8.81. The summed E-state index contributed by atoms with van der Waals surface area (Å²) in [6, 6.07) is 7.94. The number of hydrogen-bond donors (Lipinski definition) is 1. The maximum absolute atomic E-state index is 5.95. The van der Waals surface area contributed by atoms with Crippen LogP contribution in [0, 0.1) is 0 Å². The summed E-state index contributed by atoms with van der Waals surface area (Å²) >= 11 is 5.95. The fourth-order valence-electron chi connectivity index (χ4n) is 2.21. The van der Waals surface area contributed by atoms with Gasteiger partial charge in [0, 0.05) is 11.4 Å². The second-order valence-corrected chi connectivity index (χ2v) is 4.94. The third kappa shape index (κ3) is 2.54. The number of nitrogens with one attached hydrogen (secondary N) is 1. The van der Waals surface area contributed by atoms with E-state index in [4.69, 9.17) is 16.1 Å². The summed E-state index contributed by atoms with van der Waals surface area (Å²) in [6.45, 7) is 1.02. The summed E-state index contributed by atoms with van der Waals surface area (Å²) in [5.74, 6) is 1.41. The maximum atomic E-state index is 5.95. The molecule has 0 saturated carbocycles. The second-order valence-electron chi connectivity index (χ2n) is 4.50. The van der Waals surface area contributed by atoms with Gasteiger partial charge in [-0.3, -0.25) is 0 Å². The summed E-state index contributed by atoms with van der Waals surface area (Å²) in [6.07, 6.45) is 2.88. The van der Waals surface area contributed by atoms with Crippen LogP contribution >= 0.6 is 11.6 Å². The highest BCUT2D eigenvalue weighted by molar-refractivity contribution is 6.30. The lowest BCUT2D eigenvalue weighted by Crippen LogP contribution is -2.13. The van der Waals surface area contributed by atoms with Crippen molar-refractivity contribution in [3.05, 3.63) is 46.6 Å². The van der Waals surface area contributed by atoms with Gasteiger partial charge in [0.1, 0.15) is 0 Å². The normalized spacial score (nSPS) is 19.3. The van der Waals surface area contributed by atoms with Crippen molar-refractivity contribution < 1.29 is 4.52 Å². The van der Waals surface area contributed by atoms with E-state index in [1.165, 1.54) is 0 Å². The molecular weight excluding hydrogens is 250 g/mol. The van der Waals surface area contributed by atoms with Crippen molar-refractivity contribution in [3.8, 4) is 0 Å². The van der Waals surface area contributed by atoms with Gasteiger partial charge in [-0.25, -0.2) is 0 Å². The molecule has 0 bridgehead atoms. The first-order valence-electron chi connectivity index (χ1n) is 6.11. The molecule has 1 atom stereocenters. The Balaban J connectivity index is 1.73. The Kier molecular flexibility index (Phi) is 3.30. The van der Waals surface area contributed by atoms with Gasteiger partial charge in [-0.15, -0.1) is 0 Å². The number of halogens is 1. The Morgan fingerprint density at radius 3 is 3.17 bits per heavy atom. The molecule has 1 aromatic heterocycles. The van der Waals surface area contributed by atoms with Crippen molar-refractivity contribution in [1.29, 1.82) is 0 Å². The Labute approximate surface area is 110 Å². The molecule has 0 amide bonds. The summed E-state index contributed by atoms with van der Waals surface area (Å²) in [5.41, 5.74) is 1.09. The lowest BCUT2D eigenvalue weighted by molar-refractivity contribution is 0.341. The minimum absolute atomic E-state index is 0.227. The zero-order valence-electron chi connectivity index (χ0n) is 9.90. The number of rotatable bonds is 3. The SMILES string of the molecule is Clc1cccc(Cc2noc([C@H]3CCCN3)n2)c1. The summed E-state index contributed by atoms with van der Waals surface area (Å²) in [7, 11) is 0. The van der Waals surface area contributed by atoms with Crippen LogP contribution in [0.5, 0.6) is 0 Å². The number of aromatic nitrogens is 2. The largest absolute Gasteiger partial charge is 0.338 e. The van der Waals surface area contributed by atoms with Crippen molar-refractivity contribution in [1.82, 2.24) is 15.5 Å². The van der Waals surface area contributed by atoms with E-state index >= 15 is 0 Å². The van der Waals surface area contributed by atoms with Crippen molar-refractivity contribution in [2.75, 3.05) is 6.54 Å². The predicted octanol–water partition coefficient (Wildman–Crippen LogP) is 2.74. The van der Waals surface area contributed by atoms with E-state index in [1.54, 1.807) is 0 Å². The topological polar surface area (TPSA) is 51.0 Å². The van der Waals surface area contributed by atoms with Crippen LogP contribution in [0.4, 0.5) is 0 Å². The molecule has 2 heterocycles. The Hall–Kier alpha value is -1.39. The summed E-state index contributed by atoms with van der Waals surface area (Å²) in [5, 5.41) is 8.09. The van der Waals surface area contributed by atoms with Crippen LogP contribution in [-0.2, 0) is 6.42 Å².